The van der Waals surface area contributed by atoms with E-state index in [0.717, 1.165) is 31.4 Å². The number of azo groups is 1. The molecule has 0 bridgehead atoms. The monoisotopic (exact) mass is 384 g/mol. The Labute approximate surface area is 164 Å². The third kappa shape index (κ3) is 8.12. The summed E-state index contributed by atoms with van der Waals surface area (Å²) in [6.45, 7) is 6.24. The zero-order chi connectivity index (χ0) is 20.2. The van der Waals surface area contributed by atoms with Crippen LogP contribution in [0, 0.1) is 5.82 Å². The van der Waals surface area contributed by atoms with Crippen molar-refractivity contribution in [1.29, 1.82) is 0 Å². The Morgan fingerprint density at radius 3 is 2.00 bits per heavy atom. The first-order valence-corrected chi connectivity index (χ1v) is 9.27. The Kier molecular flexibility index (Phi) is 8.85. The second-order valence-electron chi connectivity index (χ2n) is 6.35. The lowest BCUT2D eigenvalue weighted by Crippen LogP contribution is -2.06. The third-order valence-electron chi connectivity index (χ3n) is 3.83. The molecule has 148 valence electrons. The van der Waals surface area contributed by atoms with Crippen LogP contribution >= 0.6 is 0 Å². The van der Waals surface area contributed by atoms with Crippen LogP contribution in [0.15, 0.2) is 70.9 Å². The van der Waals surface area contributed by atoms with Crippen molar-refractivity contribution in [3.05, 3.63) is 66.5 Å². The zero-order valence-corrected chi connectivity index (χ0v) is 16.1. The summed E-state index contributed by atoms with van der Waals surface area (Å²) in [7, 11) is 0. The number of halogens is 1. The van der Waals surface area contributed by atoms with Gasteiger partial charge < -0.3 is 9.47 Å². The van der Waals surface area contributed by atoms with Gasteiger partial charge in [0.2, 0.25) is 0 Å². The summed E-state index contributed by atoms with van der Waals surface area (Å²) in [5, 5.41) is 8.17. The number of benzene rings is 2. The highest BCUT2D eigenvalue weighted by molar-refractivity contribution is 5.86. The van der Waals surface area contributed by atoms with Crippen molar-refractivity contribution in [3.63, 3.8) is 0 Å². The molecule has 6 heteroatoms. The van der Waals surface area contributed by atoms with E-state index in [4.69, 9.17) is 9.47 Å². The molecule has 0 aliphatic heterocycles. The summed E-state index contributed by atoms with van der Waals surface area (Å²) in [6.07, 6.45) is 3.76. The quantitative estimate of drug-likeness (QED) is 0.198. The highest BCUT2D eigenvalue weighted by Gasteiger charge is 2.02. The van der Waals surface area contributed by atoms with E-state index in [1.165, 1.54) is 12.1 Å². The Balaban J connectivity index is 1.60. The molecule has 0 saturated heterocycles. The Morgan fingerprint density at radius 2 is 1.43 bits per heavy atom. The molecule has 0 spiro atoms. The van der Waals surface area contributed by atoms with E-state index in [1.807, 2.05) is 24.3 Å². The number of rotatable bonds is 11. The van der Waals surface area contributed by atoms with Gasteiger partial charge in [-0.2, -0.15) is 10.2 Å². The van der Waals surface area contributed by atoms with Crippen LogP contribution in [0.3, 0.4) is 0 Å². The SMILES string of the molecule is C=C(C)C(=O)OCCCCCCOc1ccc(N=Nc2ccc(F)cc2)cc1. The van der Waals surface area contributed by atoms with Crippen LogP contribution < -0.4 is 4.74 Å². The normalized spacial score (nSPS) is 10.8. The lowest BCUT2D eigenvalue weighted by atomic mass is 10.2. The topological polar surface area (TPSA) is 60.2 Å². The molecule has 0 atom stereocenters. The molecule has 0 fully saturated rings. The molecule has 5 nitrogen and oxygen atoms in total. The minimum absolute atomic E-state index is 0.299. The maximum atomic E-state index is 12.8. The Morgan fingerprint density at radius 1 is 0.893 bits per heavy atom. The fourth-order valence-electron chi connectivity index (χ4n) is 2.27. The summed E-state index contributed by atoms with van der Waals surface area (Å²) in [5.41, 5.74) is 1.72. The lowest BCUT2D eigenvalue weighted by Gasteiger charge is -2.07. The molecule has 28 heavy (non-hydrogen) atoms. The summed E-state index contributed by atoms with van der Waals surface area (Å²) >= 11 is 0. The first-order valence-electron chi connectivity index (χ1n) is 9.27. The van der Waals surface area contributed by atoms with Crippen molar-refractivity contribution in [1.82, 2.24) is 0 Å². The van der Waals surface area contributed by atoms with Crippen molar-refractivity contribution < 1.29 is 18.7 Å². The van der Waals surface area contributed by atoms with Gasteiger partial charge in [0.25, 0.3) is 0 Å². The number of hydrogen-bond donors (Lipinski definition) is 0. The molecule has 2 aromatic carbocycles. The van der Waals surface area contributed by atoms with Crippen LogP contribution in [-0.4, -0.2) is 19.2 Å². The fraction of sp³-hybridized carbons (Fsp3) is 0.318. The molecular formula is C22H25FN2O3. The van der Waals surface area contributed by atoms with Crippen LogP contribution in [-0.2, 0) is 9.53 Å². The fourth-order valence-corrected chi connectivity index (χ4v) is 2.27. The van der Waals surface area contributed by atoms with Crippen LogP contribution in [0.5, 0.6) is 5.75 Å². The predicted octanol–water partition coefficient (Wildman–Crippen LogP) is 6.30. The first kappa shape index (κ1) is 21.3. The summed E-state index contributed by atoms with van der Waals surface area (Å²) in [6, 6.07) is 13.2. The van der Waals surface area contributed by atoms with Gasteiger partial charge in [0.1, 0.15) is 11.6 Å². The lowest BCUT2D eigenvalue weighted by molar-refractivity contribution is -0.139. The van der Waals surface area contributed by atoms with E-state index >= 15 is 0 Å². The van der Waals surface area contributed by atoms with Gasteiger partial charge in [-0.15, -0.1) is 0 Å². The van der Waals surface area contributed by atoms with Gasteiger partial charge in [-0.05, 0) is 81.1 Å². The average molecular weight is 384 g/mol. The highest BCUT2D eigenvalue weighted by atomic mass is 19.1. The van der Waals surface area contributed by atoms with Crippen LogP contribution in [0.25, 0.3) is 0 Å². The second kappa shape index (κ2) is 11.6. The van der Waals surface area contributed by atoms with Gasteiger partial charge in [0.05, 0.1) is 24.6 Å². The molecule has 0 heterocycles. The van der Waals surface area contributed by atoms with Gasteiger partial charge in [-0.1, -0.05) is 6.58 Å². The maximum absolute atomic E-state index is 12.8. The predicted molar refractivity (Wildman–Crippen MR) is 107 cm³/mol. The average Bonchev–Trinajstić information content (AvgIpc) is 2.70. The van der Waals surface area contributed by atoms with E-state index in [-0.39, 0.29) is 11.8 Å². The van der Waals surface area contributed by atoms with Gasteiger partial charge >= 0.3 is 5.97 Å². The Hall–Kier alpha value is -3.02. The summed E-state index contributed by atoms with van der Waals surface area (Å²) in [5.74, 6) is 0.145. The van der Waals surface area contributed by atoms with E-state index in [1.54, 1.807) is 19.1 Å². The van der Waals surface area contributed by atoms with Crippen molar-refractivity contribution in [2.24, 2.45) is 10.2 Å². The van der Waals surface area contributed by atoms with Crippen LogP contribution in [0.2, 0.25) is 0 Å². The number of unbranched alkanes of at least 4 members (excludes halogenated alkanes) is 3. The van der Waals surface area contributed by atoms with Crippen molar-refractivity contribution in [3.8, 4) is 5.75 Å². The largest absolute Gasteiger partial charge is 0.494 e. The number of carbonyl (C=O) groups excluding carboxylic acids is 1. The number of hydrogen-bond acceptors (Lipinski definition) is 5. The summed E-state index contributed by atoms with van der Waals surface area (Å²) in [4.78, 5) is 11.2. The van der Waals surface area contributed by atoms with Crippen LogP contribution in [0.1, 0.15) is 32.6 Å². The molecule has 0 aliphatic rings. The molecule has 0 unspecified atom stereocenters. The van der Waals surface area contributed by atoms with Crippen LogP contribution in [0.4, 0.5) is 15.8 Å². The van der Waals surface area contributed by atoms with Crippen molar-refractivity contribution >= 4 is 17.3 Å². The molecular weight excluding hydrogens is 359 g/mol. The van der Waals surface area contributed by atoms with Gasteiger partial charge in [-0.3, -0.25) is 0 Å². The number of carbonyl (C=O) groups is 1. The first-order chi connectivity index (χ1) is 13.5. The van der Waals surface area contributed by atoms with Gasteiger partial charge in [-0.25, -0.2) is 9.18 Å². The second-order valence-corrected chi connectivity index (χ2v) is 6.35. The van der Waals surface area contributed by atoms with E-state index < -0.39 is 0 Å². The van der Waals surface area contributed by atoms with E-state index in [9.17, 15) is 9.18 Å². The number of esters is 1. The summed E-state index contributed by atoms with van der Waals surface area (Å²) < 4.78 is 23.6. The molecule has 0 aliphatic carbocycles. The van der Waals surface area contributed by atoms with Gasteiger partial charge in [0, 0.05) is 5.57 Å². The standard InChI is InChI=1S/C22H25FN2O3/c1-17(2)22(26)28-16-6-4-3-5-15-27-21-13-11-20(12-14-21)25-24-19-9-7-18(23)8-10-19/h7-14H,1,3-6,15-16H2,2H3. The maximum Gasteiger partial charge on any atom is 0.333 e. The van der Waals surface area contributed by atoms with Crippen molar-refractivity contribution in [2.45, 2.75) is 32.6 Å². The molecule has 0 aromatic heterocycles. The van der Waals surface area contributed by atoms with E-state index in [0.29, 0.717) is 30.2 Å². The van der Waals surface area contributed by atoms with E-state index in [2.05, 4.69) is 16.8 Å². The zero-order valence-electron chi connectivity index (χ0n) is 16.1. The molecule has 0 amide bonds. The minimum Gasteiger partial charge on any atom is -0.494 e. The smallest absolute Gasteiger partial charge is 0.333 e. The highest BCUT2D eigenvalue weighted by Crippen LogP contribution is 2.21. The Bertz CT molecular complexity index is 786. The molecule has 2 aromatic rings. The molecule has 0 N–H and O–H groups in total. The molecule has 0 saturated carbocycles. The number of nitrogens with zero attached hydrogens (tertiary/aromatic N) is 2. The van der Waals surface area contributed by atoms with Crippen molar-refractivity contribution in [2.75, 3.05) is 13.2 Å². The minimum atomic E-state index is -0.330. The third-order valence-corrected chi connectivity index (χ3v) is 3.83. The number of ether oxygens (including phenoxy) is 2. The molecule has 0 radical (unpaired) electrons. The van der Waals surface area contributed by atoms with Gasteiger partial charge in [0.15, 0.2) is 0 Å². The molecule has 2 rings (SSSR count).